The van der Waals surface area contributed by atoms with E-state index in [0.29, 0.717) is 22.5 Å². The quantitative estimate of drug-likeness (QED) is 0.654. The molecule has 0 atom stereocenters. The fourth-order valence-corrected chi connectivity index (χ4v) is 2.49. The number of rotatable bonds is 5. The van der Waals surface area contributed by atoms with Crippen LogP contribution in [-0.2, 0) is 11.3 Å². The number of oxazole rings is 1. The van der Waals surface area contributed by atoms with E-state index in [9.17, 15) is 14.4 Å². The number of benzene rings is 2. The van der Waals surface area contributed by atoms with E-state index in [1.54, 1.807) is 31.3 Å². The van der Waals surface area contributed by atoms with Crippen molar-refractivity contribution in [2.45, 2.75) is 6.54 Å². The van der Waals surface area contributed by atoms with Crippen LogP contribution < -0.4 is 16.4 Å². The minimum atomic E-state index is -1.06. The van der Waals surface area contributed by atoms with Crippen LogP contribution in [0.2, 0.25) is 0 Å². The highest BCUT2D eigenvalue weighted by atomic mass is 16.4. The monoisotopic (exact) mass is 341 g/mol. The van der Waals surface area contributed by atoms with Gasteiger partial charge < -0.3 is 20.2 Å². The zero-order valence-electron chi connectivity index (χ0n) is 13.3. The molecule has 0 fully saturated rings. The number of carboxylic acids is 1. The minimum absolute atomic E-state index is 0.0967. The molecule has 0 radical (unpaired) electrons. The van der Waals surface area contributed by atoms with Crippen molar-refractivity contribution < 1.29 is 19.1 Å². The Morgan fingerprint density at radius 2 is 1.92 bits per heavy atom. The van der Waals surface area contributed by atoms with Gasteiger partial charge in [-0.05, 0) is 30.3 Å². The molecule has 0 aliphatic carbocycles. The summed E-state index contributed by atoms with van der Waals surface area (Å²) in [6, 6.07) is 11.1. The van der Waals surface area contributed by atoms with Crippen LogP contribution in [0.15, 0.2) is 51.7 Å². The fraction of sp³-hybridized carbons (Fsp3) is 0.118. The molecule has 128 valence electrons. The molecular weight excluding hydrogens is 326 g/mol. The van der Waals surface area contributed by atoms with Crippen molar-refractivity contribution in [2.24, 2.45) is 0 Å². The van der Waals surface area contributed by atoms with E-state index in [1.807, 2.05) is 0 Å². The van der Waals surface area contributed by atoms with Crippen molar-refractivity contribution in [1.82, 2.24) is 4.57 Å². The Bertz CT molecular complexity index is 1020. The maximum absolute atomic E-state index is 12.3. The average molecular weight is 341 g/mol. The van der Waals surface area contributed by atoms with Gasteiger partial charge in [-0.2, -0.15) is 0 Å². The number of amides is 1. The van der Waals surface area contributed by atoms with E-state index in [2.05, 4.69) is 10.6 Å². The summed E-state index contributed by atoms with van der Waals surface area (Å²) in [5.41, 5.74) is 1.90. The first-order valence-corrected chi connectivity index (χ1v) is 7.43. The number of hydrogen-bond acceptors (Lipinski definition) is 5. The summed E-state index contributed by atoms with van der Waals surface area (Å²) in [4.78, 5) is 35.2. The van der Waals surface area contributed by atoms with E-state index in [4.69, 9.17) is 9.52 Å². The lowest BCUT2D eigenvalue weighted by molar-refractivity contribution is -0.116. The molecule has 0 unspecified atom stereocenters. The molecule has 0 saturated carbocycles. The van der Waals surface area contributed by atoms with Crippen molar-refractivity contribution in [2.75, 3.05) is 17.7 Å². The highest BCUT2D eigenvalue weighted by Crippen LogP contribution is 2.23. The molecule has 1 aromatic heterocycles. The Morgan fingerprint density at radius 3 is 2.64 bits per heavy atom. The molecule has 1 heterocycles. The number of aromatic nitrogens is 1. The van der Waals surface area contributed by atoms with E-state index in [1.165, 1.54) is 22.8 Å². The number of fused-ring (bicyclic) bond motifs is 1. The molecule has 8 nitrogen and oxygen atoms in total. The Kier molecular flexibility index (Phi) is 4.25. The third-order valence-electron chi connectivity index (χ3n) is 3.69. The van der Waals surface area contributed by atoms with Gasteiger partial charge in [0.25, 0.3) is 0 Å². The first-order chi connectivity index (χ1) is 12.0. The summed E-state index contributed by atoms with van der Waals surface area (Å²) < 4.78 is 6.32. The van der Waals surface area contributed by atoms with Crippen LogP contribution in [0.3, 0.4) is 0 Å². The second-order valence-electron chi connectivity index (χ2n) is 5.29. The van der Waals surface area contributed by atoms with Gasteiger partial charge in [0.15, 0.2) is 5.58 Å². The van der Waals surface area contributed by atoms with Crippen molar-refractivity contribution in [3.8, 4) is 0 Å². The summed E-state index contributed by atoms with van der Waals surface area (Å²) in [5.74, 6) is -2.12. The van der Waals surface area contributed by atoms with E-state index < -0.39 is 17.6 Å². The lowest BCUT2D eigenvalue weighted by Crippen LogP contribution is -2.25. The largest absolute Gasteiger partial charge is 0.478 e. The summed E-state index contributed by atoms with van der Waals surface area (Å²) in [6.45, 7) is -0.223. The molecule has 1 amide bonds. The molecule has 3 N–H and O–H groups in total. The Hall–Kier alpha value is -3.55. The molecule has 8 heteroatoms. The molecule has 0 bridgehead atoms. The van der Waals surface area contributed by atoms with Crippen molar-refractivity contribution >= 4 is 34.4 Å². The second kappa shape index (κ2) is 6.52. The van der Waals surface area contributed by atoms with Crippen LogP contribution in [-0.4, -0.2) is 28.6 Å². The van der Waals surface area contributed by atoms with Gasteiger partial charge in [-0.3, -0.25) is 9.36 Å². The predicted octanol–water partition coefficient (Wildman–Crippen LogP) is 1.97. The standard InChI is InChI=1S/C17H15N3O5/c1-18-12-8-10(16(22)23)6-7-11(12)19-15(21)9-20-13-4-2-3-5-14(13)25-17(20)24/h2-8,18H,9H2,1H3,(H,19,21)(H,22,23). The molecule has 3 aromatic rings. The van der Waals surface area contributed by atoms with Crippen molar-refractivity contribution in [1.29, 1.82) is 0 Å². The molecule has 0 saturated heterocycles. The second-order valence-corrected chi connectivity index (χ2v) is 5.29. The Labute approximate surface area is 141 Å². The summed E-state index contributed by atoms with van der Waals surface area (Å²) in [6.07, 6.45) is 0. The van der Waals surface area contributed by atoms with Gasteiger partial charge in [0.2, 0.25) is 5.91 Å². The first-order valence-electron chi connectivity index (χ1n) is 7.43. The van der Waals surface area contributed by atoms with Crippen LogP contribution in [0.5, 0.6) is 0 Å². The average Bonchev–Trinajstić information content (AvgIpc) is 2.90. The maximum Gasteiger partial charge on any atom is 0.420 e. The van der Waals surface area contributed by atoms with E-state index in [-0.39, 0.29) is 12.1 Å². The van der Waals surface area contributed by atoms with Gasteiger partial charge in [-0.25, -0.2) is 9.59 Å². The SMILES string of the molecule is CNc1cc(C(=O)O)ccc1NC(=O)Cn1c(=O)oc2ccccc21. The van der Waals surface area contributed by atoms with Crippen LogP contribution >= 0.6 is 0 Å². The molecule has 0 aliphatic heterocycles. The van der Waals surface area contributed by atoms with E-state index in [0.717, 1.165) is 0 Å². The van der Waals surface area contributed by atoms with Gasteiger partial charge >= 0.3 is 11.7 Å². The van der Waals surface area contributed by atoms with Crippen LogP contribution in [0, 0.1) is 0 Å². The first kappa shape index (κ1) is 16.3. The number of carbonyl (C=O) groups excluding carboxylic acids is 1. The number of carboxylic acid groups (broad SMARTS) is 1. The molecule has 25 heavy (non-hydrogen) atoms. The third-order valence-corrected chi connectivity index (χ3v) is 3.69. The highest BCUT2D eigenvalue weighted by Gasteiger charge is 2.14. The van der Waals surface area contributed by atoms with Crippen LogP contribution in [0.4, 0.5) is 11.4 Å². The molecular formula is C17H15N3O5. The zero-order chi connectivity index (χ0) is 18.0. The highest BCUT2D eigenvalue weighted by molar-refractivity contribution is 5.97. The summed E-state index contributed by atoms with van der Waals surface area (Å²) >= 11 is 0. The molecule has 2 aromatic carbocycles. The molecule has 3 rings (SSSR count). The number of anilines is 2. The lowest BCUT2D eigenvalue weighted by Gasteiger charge is -2.11. The van der Waals surface area contributed by atoms with Crippen LogP contribution in [0.1, 0.15) is 10.4 Å². The minimum Gasteiger partial charge on any atom is -0.478 e. The van der Waals surface area contributed by atoms with Crippen molar-refractivity contribution in [3.05, 3.63) is 58.6 Å². The summed E-state index contributed by atoms with van der Waals surface area (Å²) in [5, 5.41) is 14.5. The number of nitrogens with zero attached hydrogens (tertiary/aromatic N) is 1. The smallest absolute Gasteiger partial charge is 0.420 e. The number of aromatic carboxylic acids is 1. The Morgan fingerprint density at radius 1 is 1.16 bits per heavy atom. The molecule has 0 aliphatic rings. The van der Waals surface area contributed by atoms with Gasteiger partial charge in [0.05, 0.1) is 22.5 Å². The number of hydrogen-bond donors (Lipinski definition) is 3. The van der Waals surface area contributed by atoms with E-state index >= 15 is 0 Å². The Balaban J connectivity index is 1.84. The number of para-hydroxylation sites is 2. The van der Waals surface area contributed by atoms with Gasteiger partial charge in [0.1, 0.15) is 6.54 Å². The fourth-order valence-electron chi connectivity index (χ4n) is 2.49. The zero-order valence-corrected chi connectivity index (χ0v) is 13.3. The predicted molar refractivity (Wildman–Crippen MR) is 92.1 cm³/mol. The van der Waals surface area contributed by atoms with Gasteiger partial charge in [0, 0.05) is 7.05 Å². The van der Waals surface area contributed by atoms with Crippen LogP contribution in [0.25, 0.3) is 11.1 Å². The normalized spacial score (nSPS) is 10.6. The number of nitrogens with one attached hydrogen (secondary N) is 2. The topological polar surface area (TPSA) is 114 Å². The molecule has 0 spiro atoms. The lowest BCUT2D eigenvalue weighted by atomic mass is 10.1. The van der Waals surface area contributed by atoms with Gasteiger partial charge in [-0.15, -0.1) is 0 Å². The number of carbonyl (C=O) groups is 2. The van der Waals surface area contributed by atoms with Gasteiger partial charge in [-0.1, -0.05) is 12.1 Å². The van der Waals surface area contributed by atoms with Crippen molar-refractivity contribution in [3.63, 3.8) is 0 Å². The summed E-state index contributed by atoms with van der Waals surface area (Å²) in [7, 11) is 1.62. The maximum atomic E-state index is 12.3. The third kappa shape index (κ3) is 3.23.